The molecule has 2 rings (SSSR count). The number of halogens is 1. The van der Waals surface area contributed by atoms with Gasteiger partial charge < -0.3 is 9.72 Å². The number of hydrogen-bond donors (Lipinski definition) is 1. The smallest absolute Gasteiger partial charge is 0.345 e. The van der Waals surface area contributed by atoms with E-state index in [4.69, 9.17) is 4.74 Å². The number of hydrogen-bond acceptors (Lipinski definition) is 4. The summed E-state index contributed by atoms with van der Waals surface area (Å²) in [6.07, 6.45) is 1.23. The second-order valence-electron chi connectivity index (χ2n) is 3.70. The Bertz CT molecular complexity index is 650. The van der Waals surface area contributed by atoms with E-state index in [1.54, 1.807) is 6.92 Å². The standard InChI is InChI=1S/C13H11BrN2O3/c1-2-19-13(18)10-7-15-11(16-12(10)17)8-3-5-9(14)6-4-8/h3-7H,2H2,1H3,(H,15,16,17). The number of ether oxygens (including phenoxy) is 1. The van der Waals surface area contributed by atoms with Gasteiger partial charge in [0.05, 0.1) is 6.61 Å². The van der Waals surface area contributed by atoms with Crippen LogP contribution in [0, 0.1) is 0 Å². The Labute approximate surface area is 117 Å². The van der Waals surface area contributed by atoms with E-state index < -0.39 is 11.5 Å². The van der Waals surface area contributed by atoms with Crippen LogP contribution in [0.15, 0.2) is 39.7 Å². The number of esters is 1. The summed E-state index contributed by atoms with van der Waals surface area (Å²) in [5, 5.41) is 0. The molecule has 1 aromatic heterocycles. The molecule has 0 saturated heterocycles. The molecule has 5 nitrogen and oxygen atoms in total. The Morgan fingerprint density at radius 2 is 2.05 bits per heavy atom. The molecule has 0 radical (unpaired) electrons. The van der Waals surface area contributed by atoms with Crippen molar-refractivity contribution in [2.75, 3.05) is 6.61 Å². The molecule has 0 unspecified atom stereocenters. The maximum Gasteiger partial charge on any atom is 0.345 e. The van der Waals surface area contributed by atoms with Gasteiger partial charge in [0.1, 0.15) is 11.4 Å². The van der Waals surface area contributed by atoms with Crippen LogP contribution in [0.2, 0.25) is 0 Å². The first kappa shape index (κ1) is 13.5. The maximum atomic E-state index is 11.8. The molecule has 0 bridgehead atoms. The lowest BCUT2D eigenvalue weighted by atomic mass is 10.2. The van der Waals surface area contributed by atoms with Crippen LogP contribution in [0.25, 0.3) is 11.4 Å². The monoisotopic (exact) mass is 322 g/mol. The maximum absolute atomic E-state index is 11.8. The van der Waals surface area contributed by atoms with Crippen molar-refractivity contribution in [3.63, 3.8) is 0 Å². The minimum atomic E-state index is -0.668. The summed E-state index contributed by atoms with van der Waals surface area (Å²) in [7, 11) is 0. The first-order valence-electron chi connectivity index (χ1n) is 5.64. The largest absolute Gasteiger partial charge is 0.462 e. The Kier molecular flexibility index (Phi) is 4.11. The van der Waals surface area contributed by atoms with Crippen molar-refractivity contribution >= 4 is 21.9 Å². The molecule has 0 fully saturated rings. The van der Waals surface area contributed by atoms with Crippen LogP contribution < -0.4 is 5.56 Å². The van der Waals surface area contributed by atoms with Gasteiger partial charge in [-0.3, -0.25) is 4.79 Å². The summed E-state index contributed by atoms with van der Waals surface area (Å²) in [5.74, 6) is -0.260. The highest BCUT2D eigenvalue weighted by Gasteiger charge is 2.13. The lowest BCUT2D eigenvalue weighted by Gasteiger charge is -2.03. The van der Waals surface area contributed by atoms with E-state index >= 15 is 0 Å². The van der Waals surface area contributed by atoms with Gasteiger partial charge in [0.25, 0.3) is 5.56 Å². The van der Waals surface area contributed by atoms with Crippen LogP contribution >= 0.6 is 15.9 Å². The number of rotatable bonds is 3. The summed E-state index contributed by atoms with van der Waals surface area (Å²) in [6, 6.07) is 7.31. The predicted octanol–water partition coefficient (Wildman–Crippen LogP) is 2.38. The average molecular weight is 323 g/mol. The summed E-state index contributed by atoms with van der Waals surface area (Å²) in [5.41, 5.74) is 0.157. The highest BCUT2D eigenvalue weighted by atomic mass is 79.9. The first-order chi connectivity index (χ1) is 9.11. The van der Waals surface area contributed by atoms with E-state index in [1.807, 2.05) is 24.3 Å². The quantitative estimate of drug-likeness (QED) is 0.880. The van der Waals surface area contributed by atoms with Crippen LogP contribution in [0.5, 0.6) is 0 Å². The molecule has 0 spiro atoms. The molecule has 1 heterocycles. The van der Waals surface area contributed by atoms with Gasteiger partial charge in [-0.15, -0.1) is 0 Å². The molecule has 1 N–H and O–H groups in total. The number of nitrogens with one attached hydrogen (secondary N) is 1. The SMILES string of the molecule is CCOC(=O)c1cnc(-c2ccc(Br)cc2)[nH]c1=O. The van der Waals surface area contributed by atoms with Crippen LogP contribution in [-0.4, -0.2) is 22.5 Å². The predicted molar refractivity (Wildman–Crippen MR) is 74.0 cm³/mol. The van der Waals surface area contributed by atoms with Crippen LogP contribution in [0.3, 0.4) is 0 Å². The second kappa shape index (κ2) is 5.79. The van der Waals surface area contributed by atoms with Gasteiger partial charge in [0, 0.05) is 16.2 Å². The number of carbonyl (C=O) groups excluding carboxylic acids is 1. The molecular formula is C13H11BrN2O3. The van der Waals surface area contributed by atoms with Crippen LogP contribution in [0.1, 0.15) is 17.3 Å². The molecule has 1 aromatic carbocycles. The normalized spacial score (nSPS) is 10.2. The highest BCUT2D eigenvalue weighted by Crippen LogP contribution is 2.17. The van der Waals surface area contributed by atoms with Gasteiger partial charge in [-0.25, -0.2) is 9.78 Å². The van der Waals surface area contributed by atoms with E-state index in [0.29, 0.717) is 5.82 Å². The van der Waals surface area contributed by atoms with E-state index in [1.165, 1.54) is 6.20 Å². The van der Waals surface area contributed by atoms with Crippen LogP contribution in [-0.2, 0) is 4.74 Å². The molecule has 6 heteroatoms. The van der Waals surface area contributed by atoms with Gasteiger partial charge >= 0.3 is 5.97 Å². The lowest BCUT2D eigenvalue weighted by molar-refractivity contribution is 0.0524. The fraction of sp³-hybridized carbons (Fsp3) is 0.154. The Hall–Kier alpha value is -1.95. The van der Waals surface area contributed by atoms with Crippen molar-refractivity contribution in [2.45, 2.75) is 6.92 Å². The van der Waals surface area contributed by atoms with Crippen LogP contribution in [0.4, 0.5) is 0 Å². The topological polar surface area (TPSA) is 72.0 Å². The zero-order chi connectivity index (χ0) is 13.8. The molecule has 0 amide bonds. The molecule has 19 heavy (non-hydrogen) atoms. The molecule has 0 aliphatic heterocycles. The van der Waals surface area contributed by atoms with E-state index in [9.17, 15) is 9.59 Å². The molecule has 0 aliphatic carbocycles. The molecule has 98 valence electrons. The zero-order valence-corrected chi connectivity index (χ0v) is 11.7. The Morgan fingerprint density at radius 1 is 1.37 bits per heavy atom. The van der Waals surface area contributed by atoms with Gasteiger partial charge in [-0.1, -0.05) is 28.1 Å². The molecule has 0 atom stereocenters. The highest BCUT2D eigenvalue weighted by molar-refractivity contribution is 9.10. The fourth-order valence-corrected chi connectivity index (χ4v) is 1.77. The number of carbonyl (C=O) groups is 1. The third-order valence-corrected chi connectivity index (χ3v) is 2.94. The van der Waals surface area contributed by atoms with Gasteiger partial charge in [-0.05, 0) is 19.1 Å². The Balaban J connectivity index is 2.36. The van der Waals surface area contributed by atoms with E-state index in [0.717, 1.165) is 10.0 Å². The van der Waals surface area contributed by atoms with Gasteiger partial charge in [-0.2, -0.15) is 0 Å². The van der Waals surface area contributed by atoms with Crippen molar-refractivity contribution < 1.29 is 9.53 Å². The third-order valence-electron chi connectivity index (χ3n) is 2.41. The minimum absolute atomic E-state index is 0.0947. The second-order valence-corrected chi connectivity index (χ2v) is 4.62. The third kappa shape index (κ3) is 3.08. The number of benzene rings is 1. The van der Waals surface area contributed by atoms with Gasteiger partial charge in [0.2, 0.25) is 0 Å². The zero-order valence-electron chi connectivity index (χ0n) is 10.1. The van der Waals surface area contributed by atoms with E-state index in [2.05, 4.69) is 25.9 Å². The van der Waals surface area contributed by atoms with E-state index in [-0.39, 0.29) is 12.2 Å². The minimum Gasteiger partial charge on any atom is -0.462 e. The van der Waals surface area contributed by atoms with Crippen molar-refractivity contribution in [1.29, 1.82) is 0 Å². The lowest BCUT2D eigenvalue weighted by Crippen LogP contribution is -2.20. The number of nitrogens with zero attached hydrogens (tertiary/aromatic N) is 1. The van der Waals surface area contributed by atoms with Crippen molar-refractivity contribution in [1.82, 2.24) is 9.97 Å². The number of H-pyrrole nitrogens is 1. The number of aromatic nitrogens is 2. The molecule has 0 aliphatic rings. The summed E-state index contributed by atoms with van der Waals surface area (Å²) < 4.78 is 5.70. The fourth-order valence-electron chi connectivity index (χ4n) is 1.50. The van der Waals surface area contributed by atoms with Crippen molar-refractivity contribution in [3.8, 4) is 11.4 Å². The first-order valence-corrected chi connectivity index (χ1v) is 6.43. The number of aromatic amines is 1. The molecular weight excluding hydrogens is 312 g/mol. The molecule has 0 saturated carbocycles. The van der Waals surface area contributed by atoms with Crippen molar-refractivity contribution in [2.24, 2.45) is 0 Å². The summed E-state index contributed by atoms with van der Waals surface area (Å²) in [4.78, 5) is 29.9. The summed E-state index contributed by atoms with van der Waals surface area (Å²) >= 11 is 3.33. The molecule has 2 aromatic rings. The summed E-state index contributed by atoms with van der Waals surface area (Å²) in [6.45, 7) is 1.89. The van der Waals surface area contributed by atoms with Crippen molar-refractivity contribution in [3.05, 3.63) is 50.9 Å². The average Bonchev–Trinajstić information content (AvgIpc) is 2.39. The van der Waals surface area contributed by atoms with Gasteiger partial charge in [0.15, 0.2) is 0 Å². The Morgan fingerprint density at radius 3 is 2.63 bits per heavy atom.